The van der Waals surface area contributed by atoms with Crippen molar-refractivity contribution in [2.24, 2.45) is 0 Å². The Bertz CT molecular complexity index is 622. The van der Waals surface area contributed by atoms with Crippen molar-refractivity contribution in [3.8, 4) is 5.75 Å². The summed E-state index contributed by atoms with van der Waals surface area (Å²) in [5.74, 6) is -3.16. The van der Waals surface area contributed by atoms with E-state index in [0.717, 1.165) is 32.0 Å². The minimum atomic E-state index is -1.03. The summed E-state index contributed by atoms with van der Waals surface area (Å²) in [5.41, 5.74) is -0.447. The molecule has 2 aliphatic rings. The topological polar surface area (TPSA) is 53.0 Å². The van der Waals surface area contributed by atoms with Crippen LogP contribution in [0.3, 0.4) is 0 Å². The van der Waals surface area contributed by atoms with Crippen LogP contribution in [-0.2, 0) is 4.74 Å². The molecule has 138 valence electrons. The molecule has 0 unspecified atom stereocenters. The fraction of sp³-hybridized carbons (Fsp3) is 0.611. The van der Waals surface area contributed by atoms with Crippen LogP contribution in [0.5, 0.6) is 5.75 Å². The maximum absolute atomic E-state index is 14.0. The van der Waals surface area contributed by atoms with Gasteiger partial charge in [0.1, 0.15) is 22.9 Å². The smallest absolute Gasteiger partial charge is 0.260 e. The van der Waals surface area contributed by atoms with Crippen LogP contribution < -0.4 is 0 Å². The molecule has 0 radical (unpaired) electrons. The predicted molar refractivity (Wildman–Crippen MR) is 88.5 cm³/mol. The standard InChI is InChI=1S/C18H24F2N2O3/c1-11-8-21(9-12(2)25-11)10-14-4-3-5-22(14)18(24)17-15(20)6-13(19)7-16(17)23/h6-7,11-12,14,23H,3-5,8-10H2,1-2H3/t11-,12+,14-/m0/s1. The third-order valence-electron chi connectivity index (χ3n) is 4.85. The first-order valence-electron chi connectivity index (χ1n) is 8.72. The number of carbonyl (C=O) groups excluding carboxylic acids is 1. The molecule has 1 N–H and O–H groups in total. The third-order valence-corrected chi connectivity index (χ3v) is 4.85. The van der Waals surface area contributed by atoms with Crippen LogP contribution in [0.1, 0.15) is 37.0 Å². The second kappa shape index (κ2) is 7.25. The summed E-state index contributed by atoms with van der Waals surface area (Å²) in [6, 6.07) is 1.35. The lowest BCUT2D eigenvalue weighted by Crippen LogP contribution is -2.51. The zero-order valence-electron chi connectivity index (χ0n) is 14.5. The van der Waals surface area contributed by atoms with Crippen LogP contribution in [0, 0.1) is 11.6 Å². The van der Waals surface area contributed by atoms with Gasteiger partial charge in [-0.1, -0.05) is 0 Å². The second-order valence-corrected chi connectivity index (χ2v) is 7.05. The van der Waals surface area contributed by atoms with Gasteiger partial charge < -0.3 is 14.7 Å². The molecule has 3 rings (SSSR count). The van der Waals surface area contributed by atoms with Crippen LogP contribution in [0.4, 0.5) is 8.78 Å². The average molecular weight is 354 g/mol. The highest BCUT2D eigenvalue weighted by atomic mass is 19.1. The van der Waals surface area contributed by atoms with E-state index in [4.69, 9.17) is 4.74 Å². The van der Waals surface area contributed by atoms with Crippen molar-refractivity contribution in [1.82, 2.24) is 9.80 Å². The molecule has 0 aliphatic carbocycles. The van der Waals surface area contributed by atoms with Gasteiger partial charge in [-0.15, -0.1) is 0 Å². The van der Waals surface area contributed by atoms with Gasteiger partial charge >= 0.3 is 0 Å². The molecule has 1 aromatic carbocycles. The molecule has 1 amide bonds. The molecule has 2 fully saturated rings. The number of morpholine rings is 1. The van der Waals surface area contributed by atoms with E-state index in [2.05, 4.69) is 4.90 Å². The van der Waals surface area contributed by atoms with Gasteiger partial charge in [0.2, 0.25) is 0 Å². The highest BCUT2D eigenvalue weighted by Gasteiger charge is 2.35. The average Bonchev–Trinajstić information content (AvgIpc) is 2.92. The third kappa shape index (κ3) is 3.93. The van der Waals surface area contributed by atoms with Crippen LogP contribution >= 0.6 is 0 Å². The molecule has 0 bridgehead atoms. The summed E-state index contributed by atoms with van der Waals surface area (Å²) in [6.45, 7) is 6.82. The lowest BCUT2D eigenvalue weighted by atomic mass is 10.1. The Balaban J connectivity index is 1.74. The minimum Gasteiger partial charge on any atom is -0.507 e. The highest BCUT2D eigenvalue weighted by molar-refractivity contribution is 5.97. The maximum atomic E-state index is 14.0. The number of phenolic OH excluding ortho intramolecular Hbond substituents is 1. The molecule has 0 saturated carbocycles. The Morgan fingerprint density at radius 2 is 1.96 bits per heavy atom. The quantitative estimate of drug-likeness (QED) is 0.906. The van der Waals surface area contributed by atoms with Crippen molar-refractivity contribution in [2.75, 3.05) is 26.2 Å². The summed E-state index contributed by atoms with van der Waals surface area (Å²) < 4.78 is 32.9. The number of likely N-dealkylation sites (tertiary alicyclic amines) is 1. The molecule has 2 heterocycles. The van der Waals surface area contributed by atoms with E-state index in [0.29, 0.717) is 19.2 Å². The number of hydrogen-bond acceptors (Lipinski definition) is 4. The summed E-state index contributed by atoms with van der Waals surface area (Å²) in [5, 5.41) is 9.83. The zero-order chi connectivity index (χ0) is 18.1. The molecule has 25 heavy (non-hydrogen) atoms. The van der Waals surface area contributed by atoms with E-state index in [1.54, 1.807) is 4.90 Å². The van der Waals surface area contributed by atoms with E-state index in [1.807, 2.05) is 13.8 Å². The number of ether oxygens (including phenoxy) is 1. The van der Waals surface area contributed by atoms with Gasteiger partial charge in [-0.3, -0.25) is 9.69 Å². The fourth-order valence-corrected chi connectivity index (χ4v) is 3.94. The number of nitrogens with zero attached hydrogens (tertiary/aromatic N) is 2. The number of aromatic hydroxyl groups is 1. The predicted octanol–water partition coefficient (Wildman–Crippen LogP) is 2.38. The van der Waals surface area contributed by atoms with E-state index in [1.165, 1.54) is 0 Å². The lowest BCUT2D eigenvalue weighted by molar-refractivity contribution is -0.0715. The van der Waals surface area contributed by atoms with Gasteiger partial charge in [-0.2, -0.15) is 0 Å². The van der Waals surface area contributed by atoms with Crippen molar-refractivity contribution in [3.63, 3.8) is 0 Å². The molecular weight excluding hydrogens is 330 g/mol. The van der Waals surface area contributed by atoms with E-state index in [9.17, 15) is 18.7 Å². The summed E-state index contributed by atoms with van der Waals surface area (Å²) in [7, 11) is 0. The van der Waals surface area contributed by atoms with Gasteiger partial charge in [0.15, 0.2) is 0 Å². The number of hydrogen-bond donors (Lipinski definition) is 1. The normalized spacial score (nSPS) is 27.7. The molecule has 2 saturated heterocycles. The number of halogens is 2. The van der Waals surface area contributed by atoms with Gasteiger partial charge in [-0.05, 0) is 26.7 Å². The first-order chi connectivity index (χ1) is 11.8. The summed E-state index contributed by atoms with van der Waals surface area (Å²) >= 11 is 0. The van der Waals surface area contributed by atoms with E-state index < -0.39 is 28.9 Å². The van der Waals surface area contributed by atoms with Crippen LogP contribution in [0.15, 0.2) is 12.1 Å². The van der Waals surface area contributed by atoms with Crippen molar-refractivity contribution in [2.45, 2.75) is 44.9 Å². The monoisotopic (exact) mass is 354 g/mol. The van der Waals surface area contributed by atoms with Crippen molar-refractivity contribution in [3.05, 3.63) is 29.3 Å². The minimum absolute atomic E-state index is 0.0474. The maximum Gasteiger partial charge on any atom is 0.260 e. The number of rotatable bonds is 3. The van der Waals surface area contributed by atoms with Gasteiger partial charge in [0.05, 0.1) is 12.2 Å². The molecular formula is C18H24F2N2O3. The molecule has 1 aromatic rings. The molecule has 7 heteroatoms. The van der Waals surface area contributed by atoms with E-state index >= 15 is 0 Å². The molecule has 3 atom stereocenters. The van der Waals surface area contributed by atoms with Gasteiger partial charge in [-0.25, -0.2) is 8.78 Å². The number of amides is 1. The lowest BCUT2D eigenvalue weighted by Gasteiger charge is -2.38. The van der Waals surface area contributed by atoms with Gasteiger partial charge in [0.25, 0.3) is 5.91 Å². The van der Waals surface area contributed by atoms with Crippen LogP contribution in [0.2, 0.25) is 0 Å². The summed E-state index contributed by atoms with van der Waals surface area (Å²) in [4.78, 5) is 16.6. The SMILES string of the molecule is C[C@@H]1CN(C[C@@H]2CCCN2C(=O)c2c(O)cc(F)cc2F)C[C@H](C)O1. The molecule has 5 nitrogen and oxygen atoms in total. The first-order valence-corrected chi connectivity index (χ1v) is 8.72. The first kappa shape index (κ1) is 18.1. The Kier molecular flexibility index (Phi) is 5.24. The zero-order valence-corrected chi connectivity index (χ0v) is 14.5. The molecule has 2 aliphatic heterocycles. The Morgan fingerprint density at radius 1 is 1.28 bits per heavy atom. The van der Waals surface area contributed by atoms with Gasteiger partial charge in [0, 0.05) is 44.4 Å². The number of carbonyl (C=O) groups is 1. The fourth-order valence-electron chi connectivity index (χ4n) is 3.94. The van der Waals surface area contributed by atoms with Crippen LogP contribution in [-0.4, -0.2) is 65.2 Å². The number of phenols is 1. The number of benzene rings is 1. The van der Waals surface area contributed by atoms with Crippen molar-refractivity contribution in [1.29, 1.82) is 0 Å². The molecule has 0 spiro atoms. The van der Waals surface area contributed by atoms with Crippen molar-refractivity contribution < 1.29 is 23.4 Å². The highest BCUT2D eigenvalue weighted by Crippen LogP contribution is 2.28. The Morgan fingerprint density at radius 3 is 2.60 bits per heavy atom. The summed E-state index contributed by atoms with van der Waals surface area (Å²) in [6.07, 6.45) is 1.92. The Labute approximate surface area is 146 Å². The second-order valence-electron chi connectivity index (χ2n) is 7.05. The Hall–Kier alpha value is -1.73. The van der Waals surface area contributed by atoms with Crippen LogP contribution in [0.25, 0.3) is 0 Å². The largest absolute Gasteiger partial charge is 0.507 e. The van der Waals surface area contributed by atoms with E-state index in [-0.39, 0.29) is 18.2 Å². The molecule has 0 aromatic heterocycles. The van der Waals surface area contributed by atoms with Crippen molar-refractivity contribution >= 4 is 5.91 Å².